The number of hydrogen-bond acceptors (Lipinski definition) is 12. The van der Waals surface area contributed by atoms with Gasteiger partial charge in [-0.3, -0.25) is 24.6 Å². The number of hydrogen-bond donors (Lipinski definition) is 2. The summed E-state index contributed by atoms with van der Waals surface area (Å²) in [5.41, 5.74) is 5.12. The van der Waals surface area contributed by atoms with Crippen molar-refractivity contribution in [2.24, 2.45) is 0 Å². The molecule has 1 aromatic heterocycles. The fourth-order valence-electron chi connectivity index (χ4n) is 8.41. The van der Waals surface area contributed by atoms with Crippen molar-refractivity contribution in [2.45, 2.75) is 48.7 Å². The van der Waals surface area contributed by atoms with Gasteiger partial charge in [-0.2, -0.15) is 0 Å². The highest BCUT2D eigenvalue weighted by molar-refractivity contribution is 7.99. The van der Waals surface area contributed by atoms with E-state index in [9.17, 15) is 18.5 Å². The Bertz CT molecular complexity index is 2640. The summed E-state index contributed by atoms with van der Waals surface area (Å²) in [6.45, 7) is 13.4. The number of piperazine rings is 2. The lowest BCUT2D eigenvalue weighted by molar-refractivity contribution is -0.384. The predicted octanol–water partition coefficient (Wildman–Crippen LogP) is 8.97. The molecule has 2 N–H and O–H groups in total. The Morgan fingerprint density at radius 1 is 0.812 bits per heavy atom. The van der Waals surface area contributed by atoms with E-state index in [0.717, 1.165) is 94.1 Å². The molecule has 0 bridgehead atoms. The molecule has 0 spiro atoms. The zero-order valence-corrected chi connectivity index (χ0v) is 38.5. The summed E-state index contributed by atoms with van der Waals surface area (Å²) in [7, 11) is -4.28. The van der Waals surface area contributed by atoms with Crippen LogP contribution >= 0.6 is 23.4 Å². The van der Waals surface area contributed by atoms with Gasteiger partial charge in [-0.1, -0.05) is 66.2 Å². The first kappa shape index (κ1) is 45.3. The maximum Gasteiger partial charge on any atom is 0.293 e. The highest BCUT2D eigenvalue weighted by atomic mass is 35.5. The summed E-state index contributed by atoms with van der Waals surface area (Å²) >= 11 is 7.84. The monoisotopic (exact) mass is 919 g/mol. The second-order valence-electron chi connectivity index (χ2n) is 16.6. The molecule has 13 nitrogen and oxygen atoms in total. The van der Waals surface area contributed by atoms with E-state index >= 15 is 0 Å². The summed E-state index contributed by atoms with van der Waals surface area (Å²) in [6.07, 6.45) is 2.09. The summed E-state index contributed by atoms with van der Waals surface area (Å²) < 4.78 is 30.4. The van der Waals surface area contributed by atoms with Crippen LogP contribution in [0.15, 0.2) is 131 Å². The maximum absolute atomic E-state index is 13.9. The molecule has 2 saturated heterocycles. The van der Waals surface area contributed by atoms with Crippen LogP contribution in [0.5, 0.6) is 0 Å². The second kappa shape index (κ2) is 20.7. The van der Waals surface area contributed by atoms with Crippen LogP contribution < -0.4 is 14.9 Å². The third-order valence-electron chi connectivity index (χ3n) is 12.1. The van der Waals surface area contributed by atoms with Crippen molar-refractivity contribution in [2.75, 3.05) is 79.6 Å². The Hall–Kier alpha value is -5.29. The van der Waals surface area contributed by atoms with Gasteiger partial charge in [-0.05, 0) is 91.6 Å². The molecule has 2 aliphatic rings. The van der Waals surface area contributed by atoms with Gasteiger partial charge in [0.15, 0.2) is 5.82 Å². The van der Waals surface area contributed by atoms with Gasteiger partial charge >= 0.3 is 0 Å². The number of nitrogens with zero attached hydrogens (tertiary/aromatic N) is 7. The molecule has 0 saturated carbocycles. The first-order chi connectivity index (χ1) is 31.0. The molecule has 5 aromatic carbocycles. The van der Waals surface area contributed by atoms with E-state index in [1.54, 1.807) is 11.8 Å². The van der Waals surface area contributed by atoms with Gasteiger partial charge in [-0.15, -0.1) is 11.8 Å². The minimum atomic E-state index is -4.28. The largest absolute Gasteiger partial charge is 0.376 e. The molecular formula is C48H54ClN9O4S2. The molecule has 6 aromatic rings. The SMILES string of the molecule is CC(C)N1CCN(CC[C@H](CSc2ccccc2)Nc2ccc(S(=O)(=O)Nc3ncnc4cc(N5CCN(Cc6ccccc6-c6ccc(Cl)cc6)CC5)ccc34)cc2[N+](=O)[O-])CC1. The number of sulfonamides is 1. The van der Waals surface area contributed by atoms with Crippen LogP contribution in [0.1, 0.15) is 25.8 Å². The molecule has 0 amide bonds. The van der Waals surface area contributed by atoms with Crippen LogP contribution in [0.25, 0.3) is 22.0 Å². The summed E-state index contributed by atoms with van der Waals surface area (Å²) in [6, 6.07) is 36.6. The molecule has 0 radical (unpaired) electrons. The molecule has 0 aliphatic carbocycles. The van der Waals surface area contributed by atoms with E-state index < -0.39 is 14.9 Å². The van der Waals surface area contributed by atoms with Gasteiger partial charge in [0.25, 0.3) is 15.7 Å². The van der Waals surface area contributed by atoms with Crippen molar-refractivity contribution >= 4 is 67.2 Å². The number of thioether (sulfide) groups is 1. The zero-order chi connectivity index (χ0) is 44.6. The number of benzene rings is 5. The van der Waals surface area contributed by atoms with Gasteiger partial charge in [0, 0.05) is 110 Å². The number of aromatic nitrogens is 2. The highest BCUT2D eigenvalue weighted by Crippen LogP contribution is 2.33. The lowest BCUT2D eigenvalue weighted by Crippen LogP contribution is -2.49. The Kier molecular flexibility index (Phi) is 14.6. The molecule has 3 heterocycles. The Balaban J connectivity index is 0.927. The van der Waals surface area contributed by atoms with Crippen LogP contribution in [0.4, 0.5) is 22.9 Å². The minimum absolute atomic E-state index is 0.0952. The van der Waals surface area contributed by atoms with Gasteiger partial charge < -0.3 is 15.1 Å². The van der Waals surface area contributed by atoms with Crippen molar-refractivity contribution in [3.63, 3.8) is 0 Å². The zero-order valence-electron chi connectivity index (χ0n) is 36.1. The third-order valence-corrected chi connectivity index (χ3v) is 14.9. The van der Waals surface area contributed by atoms with Crippen LogP contribution in [0, 0.1) is 10.1 Å². The van der Waals surface area contributed by atoms with Gasteiger partial charge in [0.05, 0.1) is 15.3 Å². The van der Waals surface area contributed by atoms with E-state index in [0.29, 0.717) is 27.7 Å². The van der Waals surface area contributed by atoms with Crippen LogP contribution in [-0.2, 0) is 16.6 Å². The van der Waals surface area contributed by atoms with Crippen molar-refractivity contribution in [1.82, 2.24) is 24.7 Å². The molecule has 0 unspecified atom stereocenters. The average molecular weight is 921 g/mol. The number of fused-ring (bicyclic) bond motifs is 1. The molecule has 2 fully saturated rings. The minimum Gasteiger partial charge on any atom is -0.376 e. The fraction of sp³-hybridized carbons (Fsp3) is 0.333. The Morgan fingerprint density at radius 3 is 2.27 bits per heavy atom. The highest BCUT2D eigenvalue weighted by Gasteiger charge is 2.26. The van der Waals surface area contributed by atoms with E-state index in [1.807, 2.05) is 48.5 Å². The van der Waals surface area contributed by atoms with Crippen LogP contribution in [0.2, 0.25) is 5.02 Å². The van der Waals surface area contributed by atoms with E-state index in [4.69, 9.17) is 11.6 Å². The maximum atomic E-state index is 13.9. The second-order valence-corrected chi connectivity index (χ2v) is 19.8. The summed E-state index contributed by atoms with van der Waals surface area (Å²) in [5.74, 6) is 0.770. The Labute approximate surface area is 385 Å². The number of halogens is 1. The van der Waals surface area contributed by atoms with Crippen LogP contribution in [0.3, 0.4) is 0 Å². The smallest absolute Gasteiger partial charge is 0.293 e. The van der Waals surface area contributed by atoms with Gasteiger partial charge in [0.1, 0.15) is 12.0 Å². The predicted molar refractivity (Wildman–Crippen MR) is 260 cm³/mol. The number of nitrogens with one attached hydrogen (secondary N) is 2. The molecule has 16 heteroatoms. The molecule has 64 heavy (non-hydrogen) atoms. The standard InChI is InChI=1S/C48H54ClN9O4S2/c1-35(2)56-26-22-54(23-27-56)21-20-39(33-63-41-9-4-3-5-10-41)52-45-19-17-42(31-47(45)58(59)60)64(61,62)53-48-44-18-16-40(30-46(44)50-34-51-48)57-28-24-55(25-29-57)32-37-8-6-7-11-43(37)36-12-14-38(49)15-13-36/h3-19,30-31,34-35,39,52H,20-29,32-33H2,1-2H3,(H,50,51,53)/t39-/m1/s1. The molecule has 8 rings (SSSR count). The summed E-state index contributed by atoms with van der Waals surface area (Å²) in [5, 5.41) is 17.2. The molecular weight excluding hydrogens is 866 g/mol. The van der Waals surface area contributed by atoms with Crippen molar-refractivity contribution in [3.05, 3.63) is 142 Å². The lowest BCUT2D eigenvalue weighted by atomic mass is 9.99. The number of nitro benzene ring substituents is 1. The normalized spacial score (nSPS) is 16.0. The van der Waals surface area contributed by atoms with E-state index in [-0.39, 0.29) is 28.1 Å². The molecule has 334 valence electrons. The van der Waals surface area contributed by atoms with E-state index in [2.05, 4.69) is 102 Å². The van der Waals surface area contributed by atoms with Gasteiger partial charge in [0.2, 0.25) is 0 Å². The van der Waals surface area contributed by atoms with Crippen LogP contribution in [-0.4, -0.2) is 115 Å². The number of nitro groups is 1. The average Bonchev–Trinajstić information content (AvgIpc) is 3.31. The quantitative estimate of drug-likeness (QED) is 0.0513. The topological polar surface area (TPSA) is 140 Å². The number of rotatable bonds is 17. The fourth-order valence-corrected chi connectivity index (χ4v) is 10.6. The van der Waals surface area contributed by atoms with E-state index in [1.165, 1.54) is 29.6 Å². The van der Waals surface area contributed by atoms with Crippen molar-refractivity contribution in [3.8, 4) is 11.1 Å². The first-order valence-electron chi connectivity index (χ1n) is 21.8. The lowest BCUT2D eigenvalue weighted by Gasteiger charge is -2.37. The van der Waals surface area contributed by atoms with Crippen molar-refractivity contribution in [1.29, 1.82) is 0 Å². The molecule has 2 aliphatic heterocycles. The summed E-state index contributed by atoms with van der Waals surface area (Å²) in [4.78, 5) is 31.3. The first-order valence-corrected chi connectivity index (χ1v) is 24.6. The van der Waals surface area contributed by atoms with Crippen molar-refractivity contribution < 1.29 is 13.3 Å². The number of anilines is 3. The molecule has 1 atom stereocenters. The third kappa shape index (κ3) is 11.3. The Morgan fingerprint density at radius 2 is 1.53 bits per heavy atom. The van der Waals surface area contributed by atoms with Gasteiger partial charge in [-0.25, -0.2) is 18.4 Å².